The Morgan fingerprint density at radius 1 is 1.09 bits per heavy atom. The number of methoxy groups -OCH3 is 1. The van der Waals surface area contributed by atoms with Gasteiger partial charge >= 0.3 is 0 Å². The minimum atomic E-state index is 0.00655. The maximum atomic E-state index is 12.4. The standard InChI is InChI=1S/C20H30O2/c1-19-10-8-14(22-3)12-13(19)4-5-15-16-6-7-18(21)20(16,2)11-9-17(15)19/h4,14-17H,5-12H2,1-3H3/t14-,15-,16?,17-,19-,20-/m0/s1. The van der Waals surface area contributed by atoms with Crippen molar-refractivity contribution in [2.24, 2.45) is 28.6 Å². The summed E-state index contributed by atoms with van der Waals surface area (Å²) < 4.78 is 5.64. The number of rotatable bonds is 1. The second kappa shape index (κ2) is 4.93. The topological polar surface area (TPSA) is 26.3 Å². The molecular formula is C20H30O2. The molecule has 2 nitrogen and oxygen atoms in total. The minimum absolute atomic E-state index is 0.00655. The van der Waals surface area contributed by atoms with E-state index < -0.39 is 0 Å². The Bertz CT molecular complexity index is 522. The number of hydrogen-bond donors (Lipinski definition) is 0. The van der Waals surface area contributed by atoms with Gasteiger partial charge in [0.25, 0.3) is 0 Å². The molecule has 0 aromatic heterocycles. The molecule has 2 heteroatoms. The van der Waals surface area contributed by atoms with Gasteiger partial charge in [-0.1, -0.05) is 25.5 Å². The molecule has 3 saturated carbocycles. The highest BCUT2D eigenvalue weighted by atomic mass is 16.5. The van der Waals surface area contributed by atoms with Crippen LogP contribution in [0.5, 0.6) is 0 Å². The Morgan fingerprint density at radius 3 is 2.59 bits per heavy atom. The van der Waals surface area contributed by atoms with E-state index in [4.69, 9.17) is 4.74 Å². The minimum Gasteiger partial charge on any atom is -0.381 e. The van der Waals surface area contributed by atoms with Crippen LogP contribution in [0.15, 0.2) is 11.6 Å². The molecular weight excluding hydrogens is 272 g/mol. The average Bonchev–Trinajstić information content (AvgIpc) is 2.82. The van der Waals surface area contributed by atoms with Crippen molar-refractivity contribution in [1.29, 1.82) is 0 Å². The maximum absolute atomic E-state index is 12.4. The number of carbonyl (C=O) groups excluding carboxylic acids is 1. The molecule has 0 radical (unpaired) electrons. The van der Waals surface area contributed by atoms with Crippen LogP contribution in [0.2, 0.25) is 0 Å². The summed E-state index contributed by atoms with van der Waals surface area (Å²) in [6.45, 7) is 4.79. The third-order valence-electron chi connectivity index (χ3n) is 8.10. The molecule has 4 rings (SSSR count). The SMILES string of the molecule is CO[C@H]1CC[C@@]2(C)C(=CC[C@H]3C4CCC(=O)[C@@]4(C)CC[C@@H]32)C1. The lowest BCUT2D eigenvalue weighted by Crippen LogP contribution is -2.50. The number of carbonyl (C=O) groups is 1. The molecule has 0 N–H and O–H groups in total. The smallest absolute Gasteiger partial charge is 0.139 e. The number of hydrogen-bond acceptors (Lipinski definition) is 2. The average molecular weight is 302 g/mol. The van der Waals surface area contributed by atoms with Crippen molar-refractivity contribution in [3.8, 4) is 0 Å². The highest BCUT2D eigenvalue weighted by molar-refractivity contribution is 5.87. The number of allylic oxidation sites excluding steroid dienone is 1. The van der Waals surface area contributed by atoms with Crippen LogP contribution in [0, 0.1) is 28.6 Å². The van der Waals surface area contributed by atoms with Gasteiger partial charge in [-0.2, -0.15) is 0 Å². The third kappa shape index (κ3) is 1.85. The van der Waals surface area contributed by atoms with E-state index in [1.165, 1.54) is 25.7 Å². The molecule has 0 heterocycles. The summed E-state index contributed by atoms with van der Waals surface area (Å²) in [6, 6.07) is 0. The molecule has 0 aliphatic heterocycles. The molecule has 4 aliphatic rings. The van der Waals surface area contributed by atoms with E-state index in [1.54, 1.807) is 5.57 Å². The van der Waals surface area contributed by atoms with E-state index in [-0.39, 0.29) is 5.41 Å². The quantitative estimate of drug-likeness (QED) is 0.665. The van der Waals surface area contributed by atoms with E-state index in [2.05, 4.69) is 19.9 Å². The number of Topliss-reactive ketones (excluding diaryl/α,β-unsaturated/α-hetero) is 1. The van der Waals surface area contributed by atoms with Crippen LogP contribution in [0.25, 0.3) is 0 Å². The van der Waals surface area contributed by atoms with E-state index >= 15 is 0 Å². The van der Waals surface area contributed by atoms with Gasteiger partial charge in [0.05, 0.1) is 6.10 Å². The molecule has 0 spiro atoms. The van der Waals surface area contributed by atoms with Gasteiger partial charge in [-0.25, -0.2) is 0 Å². The monoisotopic (exact) mass is 302 g/mol. The van der Waals surface area contributed by atoms with Gasteiger partial charge < -0.3 is 4.74 Å². The van der Waals surface area contributed by atoms with Crippen LogP contribution in [0.1, 0.15) is 65.2 Å². The van der Waals surface area contributed by atoms with Crippen molar-refractivity contribution >= 4 is 5.78 Å². The maximum Gasteiger partial charge on any atom is 0.139 e. The summed E-state index contributed by atoms with van der Waals surface area (Å²) in [6.07, 6.45) is 12.2. The van der Waals surface area contributed by atoms with Crippen LogP contribution < -0.4 is 0 Å². The molecule has 4 aliphatic carbocycles. The second-order valence-corrected chi connectivity index (χ2v) is 8.78. The molecule has 6 atom stereocenters. The molecule has 0 bridgehead atoms. The normalized spacial score (nSPS) is 50.9. The summed E-state index contributed by atoms with van der Waals surface area (Å²) in [5.74, 6) is 2.75. The van der Waals surface area contributed by atoms with Crippen LogP contribution in [-0.4, -0.2) is 19.0 Å². The fourth-order valence-corrected chi connectivity index (χ4v) is 6.60. The first-order valence-corrected chi connectivity index (χ1v) is 9.24. The zero-order valence-electron chi connectivity index (χ0n) is 14.4. The summed E-state index contributed by atoms with van der Waals surface area (Å²) in [7, 11) is 1.86. The molecule has 3 fully saturated rings. The lowest BCUT2D eigenvalue weighted by atomic mass is 9.48. The van der Waals surface area contributed by atoms with Crippen molar-refractivity contribution in [2.75, 3.05) is 7.11 Å². The van der Waals surface area contributed by atoms with Crippen molar-refractivity contribution < 1.29 is 9.53 Å². The van der Waals surface area contributed by atoms with Gasteiger partial charge in [0.1, 0.15) is 5.78 Å². The van der Waals surface area contributed by atoms with Gasteiger partial charge in [-0.15, -0.1) is 0 Å². The fourth-order valence-electron chi connectivity index (χ4n) is 6.60. The van der Waals surface area contributed by atoms with Crippen molar-refractivity contribution in [3.63, 3.8) is 0 Å². The predicted molar refractivity (Wildman–Crippen MR) is 87.5 cm³/mol. The summed E-state index contributed by atoms with van der Waals surface area (Å²) in [4.78, 5) is 12.4. The van der Waals surface area contributed by atoms with Crippen LogP contribution in [0.3, 0.4) is 0 Å². The lowest BCUT2D eigenvalue weighted by Gasteiger charge is -2.57. The molecule has 0 aromatic carbocycles. The van der Waals surface area contributed by atoms with Gasteiger partial charge in [-0.05, 0) is 68.1 Å². The van der Waals surface area contributed by atoms with E-state index in [0.29, 0.717) is 23.2 Å². The van der Waals surface area contributed by atoms with Gasteiger partial charge in [0, 0.05) is 18.9 Å². The van der Waals surface area contributed by atoms with Crippen molar-refractivity contribution in [2.45, 2.75) is 71.3 Å². The van der Waals surface area contributed by atoms with Crippen LogP contribution in [0.4, 0.5) is 0 Å². The highest BCUT2D eigenvalue weighted by Gasteiger charge is 2.58. The summed E-state index contributed by atoms with van der Waals surface area (Å²) in [5.41, 5.74) is 2.05. The lowest BCUT2D eigenvalue weighted by molar-refractivity contribution is -0.132. The first kappa shape index (κ1) is 14.9. The first-order valence-electron chi connectivity index (χ1n) is 9.24. The molecule has 1 unspecified atom stereocenters. The van der Waals surface area contributed by atoms with Crippen LogP contribution in [-0.2, 0) is 9.53 Å². The van der Waals surface area contributed by atoms with E-state index in [1.807, 2.05) is 7.11 Å². The van der Waals surface area contributed by atoms with E-state index in [9.17, 15) is 4.79 Å². The fraction of sp³-hybridized carbons (Fsp3) is 0.850. The molecule has 0 aromatic rings. The molecule has 0 saturated heterocycles. The van der Waals surface area contributed by atoms with Gasteiger partial charge in [0.2, 0.25) is 0 Å². The number of ether oxygens (including phenoxy) is 1. The molecule has 122 valence electrons. The zero-order chi connectivity index (χ0) is 15.5. The Kier molecular flexibility index (Phi) is 3.35. The number of ketones is 1. The summed E-state index contributed by atoms with van der Waals surface area (Å²) in [5, 5.41) is 0. The van der Waals surface area contributed by atoms with Crippen LogP contribution >= 0.6 is 0 Å². The predicted octanol–water partition coefficient (Wildman–Crippen LogP) is 4.53. The Hall–Kier alpha value is -0.630. The molecule has 0 amide bonds. The Balaban J connectivity index is 1.66. The Labute approximate surface area is 134 Å². The third-order valence-corrected chi connectivity index (χ3v) is 8.10. The van der Waals surface area contributed by atoms with Crippen molar-refractivity contribution in [3.05, 3.63) is 11.6 Å². The molecule has 22 heavy (non-hydrogen) atoms. The van der Waals surface area contributed by atoms with Gasteiger partial charge in [0.15, 0.2) is 0 Å². The first-order chi connectivity index (χ1) is 10.5. The van der Waals surface area contributed by atoms with Gasteiger partial charge in [-0.3, -0.25) is 4.79 Å². The Morgan fingerprint density at radius 2 is 1.82 bits per heavy atom. The second-order valence-electron chi connectivity index (χ2n) is 8.78. The summed E-state index contributed by atoms with van der Waals surface area (Å²) >= 11 is 0. The number of fused-ring (bicyclic) bond motifs is 5. The van der Waals surface area contributed by atoms with Crippen molar-refractivity contribution in [1.82, 2.24) is 0 Å². The highest BCUT2D eigenvalue weighted by Crippen LogP contribution is 2.64. The zero-order valence-corrected chi connectivity index (χ0v) is 14.4. The largest absolute Gasteiger partial charge is 0.381 e. The van der Waals surface area contributed by atoms with E-state index in [0.717, 1.165) is 37.5 Å².